The molecule has 0 saturated carbocycles. The van der Waals surface area contributed by atoms with Crippen LogP contribution in [0.5, 0.6) is 0 Å². The van der Waals surface area contributed by atoms with Crippen molar-refractivity contribution in [2.75, 3.05) is 6.61 Å². The molecule has 1 aromatic rings. The minimum Gasteiger partial charge on any atom is -0.622 e. The number of carboxylic acid groups (broad SMARTS) is 1. The molecular weight excluding hydrogens is 226 g/mol. The predicted octanol–water partition coefficient (Wildman–Crippen LogP) is -5.51. The first-order chi connectivity index (χ1) is 7.75. The van der Waals surface area contributed by atoms with Gasteiger partial charge in [0.2, 0.25) is 0 Å². The number of carboxylic acids is 1. The van der Waals surface area contributed by atoms with Gasteiger partial charge in [-0.25, -0.2) is 0 Å². The number of hydrogen-bond donors (Lipinski definition) is 0. The summed E-state index contributed by atoms with van der Waals surface area (Å²) in [5, 5.41) is 10.5. The van der Waals surface area contributed by atoms with Crippen molar-refractivity contribution in [2.24, 2.45) is 0 Å². The van der Waals surface area contributed by atoms with Gasteiger partial charge in [-0.3, -0.25) is 0 Å². The van der Waals surface area contributed by atoms with E-state index in [-0.39, 0.29) is 56.2 Å². The molecule has 2 rings (SSSR count). The van der Waals surface area contributed by atoms with Crippen molar-refractivity contribution in [3.63, 3.8) is 0 Å². The zero-order valence-corrected chi connectivity index (χ0v) is 10.7. The SMILES string of the molecule is O=C([O-])c1[c-]c(COC2CCCCO2)oc1.[Li+].[Li+]. The molecular formula is C11H12Li2O5. The first kappa shape index (κ1) is 17.9. The van der Waals surface area contributed by atoms with E-state index in [9.17, 15) is 9.90 Å². The Hall–Kier alpha value is -0.135. The molecule has 1 atom stereocenters. The molecule has 1 aromatic heterocycles. The van der Waals surface area contributed by atoms with Crippen LogP contribution in [-0.2, 0) is 16.1 Å². The Morgan fingerprint density at radius 2 is 2.28 bits per heavy atom. The van der Waals surface area contributed by atoms with Crippen LogP contribution < -0.4 is 42.8 Å². The van der Waals surface area contributed by atoms with Gasteiger partial charge in [-0.15, -0.1) is 11.6 Å². The Balaban J connectivity index is 0.00000144. The van der Waals surface area contributed by atoms with E-state index in [1.54, 1.807) is 0 Å². The van der Waals surface area contributed by atoms with E-state index in [1.807, 2.05) is 0 Å². The Kier molecular flexibility index (Phi) is 8.81. The predicted molar refractivity (Wildman–Crippen MR) is 50.3 cm³/mol. The summed E-state index contributed by atoms with van der Waals surface area (Å²) in [5.74, 6) is -0.961. The first-order valence-corrected chi connectivity index (χ1v) is 5.20. The van der Waals surface area contributed by atoms with Crippen LogP contribution in [-0.4, -0.2) is 18.9 Å². The minimum absolute atomic E-state index is 0. The maximum absolute atomic E-state index is 10.5. The number of hydrogen-bond acceptors (Lipinski definition) is 5. The van der Waals surface area contributed by atoms with Gasteiger partial charge >= 0.3 is 37.7 Å². The van der Waals surface area contributed by atoms with E-state index in [0.29, 0.717) is 12.4 Å². The largest absolute Gasteiger partial charge is 1.00 e. The van der Waals surface area contributed by atoms with Crippen molar-refractivity contribution < 1.29 is 61.5 Å². The number of carbonyl (C=O) groups excluding carboxylic acids is 1. The number of furan rings is 1. The zero-order chi connectivity index (χ0) is 11.4. The fourth-order valence-electron chi connectivity index (χ4n) is 1.52. The molecule has 18 heavy (non-hydrogen) atoms. The molecule has 1 fully saturated rings. The number of aromatic carboxylic acids is 1. The van der Waals surface area contributed by atoms with Crippen molar-refractivity contribution in [1.29, 1.82) is 0 Å². The fourth-order valence-corrected chi connectivity index (χ4v) is 1.52. The third-order valence-electron chi connectivity index (χ3n) is 2.35. The second-order valence-corrected chi connectivity index (χ2v) is 3.59. The molecule has 2 heterocycles. The van der Waals surface area contributed by atoms with E-state index >= 15 is 0 Å². The second-order valence-electron chi connectivity index (χ2n) is 3.59. The Morgan fingerprint density at radius 1 is 1.50 bits per heavy atom. The van der Waals surface area contributed by atoms with E-state index in [4.69, 9.17) is 13.9 Å². The van der Waals surface area contributed by atoms with Gasteiger partial charge in [-0.05, 0) is 31.5 Å². The van der Waals surface area contributed by atoms with Gasteiger partial charge in [0.1, 0.15) is 0 Å². The standard InChI is InChI=1S/C11H13O5.2Li/c12-11(13)8-5-9(15-6-8)7-16-10-3-1-2-4-14-10;;/h6,10H,1-4,7H2,(H,12,13);;/q-1;2*+1/p-1. The monoisotopic (exact) mass is 238 g/mol. The topological polar surface area (TPSA) is 71.7 Å². The number of ether oxygens (including phenoxy) is 2. The third kappa shape index (κ3) is 5.24. The van der Waals surface area contributed by atoms with Gasteiger partial charge < -0.3 is 23.8 Å². The van der Waals surface area contributed by atoms with Gasteiger partial charge in [0, 0.05) is 6.61 Å². The molecule has 7 heteroatoms. The van der Waals surface area contributed by atoms with Gasteiger partial charge in [0.25, 0.3) is 0 Å². The van der Waals surface area contributed by atoms with Crippen LogP contribution in [0.2, 0.25) is 0 Å². The third-order valence-corrected chi connectivity index (χ3v) is 2.35. The quantitative estimate of drug-likeness (QED) is 0.386. The van der Waals surface area contributed by atoms with Crippen molar-refractivity contribution in [2.45, 2.75) is 32.2 Å². The van der Waals surface area contributed by atoms with Crippen LogP contribution in [0.3, 0.4) is 0 Å². The van der Waals surface area contributed by atoms with Crippen LogP contribution in [0, 0.1) is 6.07 Å². The molecule has 0 radical (unpaired) electrons. The summed E-state index contributed by atoms with van der Waals surface area (Å²) in [6.45, 7) is 0.870. The summed E-state index contributed by atoms with van der Waals surface area (Å²) < 4.78 is 15.7. The van der Waals surface area contributed by atoms with Gasteiger partial charge in [-0.2, -0.15) is 0 Å². The molecule has 0 spiro atoms. The van der Waals surface area contributed by atoms with E-state index in [1.165, 1.54) is 0 Å². The molecule has 1 saturated heterocycles. The van der Waals surface area contributed by atoms with Crippen LogP contribution in [0.15, 0.2) is 10.7 Å². The second kappa shape index (κ2) is 8.88. The fraction of sp³-hybridized carbons (Fsp3) is 0.545. The summed E-state index contributed by atoms with van der Waals surface area (Å²) >= 11 is 0. The number of rotatable bonds is 4. The van der Waals surface area contributed by atoms with Gasteiger partial charge in [-0.1, -0.05) is 0 Å². The number of carbonyl (C=O) groups is 1. The Labute approximate surface area is 130 Å². The molecule has 0 aliphatic carbocycles. The molecule has 5 nitrogen and oxygen atoms in total. The molecule has 0 bridgehead atoms. The summed E-state index contributed by atoms with van der Waals surface area (Å²) in [6.07, 6.45) is 3.86. The average Bonchev–Trinajstić information content (AvgIpc) is 2.76. The molecule has 0 amide bonds. The van der Waals surface area contributed by atoms with Crippen molar-refractivity contribution in [3.05, 3.63) is 23.7 Å². The van der Waals surface area contributed by atoms with Crippen molar-refractivity contribution >= 4 is 5.97 Å². The normalized spacial score (nSPS) is 18.6. The van der Waals surface area contributed by atoms with Crippen molar-refractivity contribution in [3.8, 4) is 0 Å². The molecule has 0 N–H and O–H groups in total. The molecule has 1 aliphatic rings. The Morgan fingerprint density at radius 3 is 2.83 bits per heavy atom. The molecule has 1 aliphatic heterocycles. The van der Waals surface area contributed by atoms with Crippen molar-refractivity contribution in [1.82, 2.24) is 0 Å². The van der Waals surface area contributed by atoms with Crippen LogP contribution in [0.1, 0.15) is 35.4 Å². The van der Waals surface area contributed by atoms with E-state index in [2.05, 4.69) is 6.07 Å². The smallest absolute Gasteiger partial charge is 0.622 e. The summed E-state index contributed by atoms with van der Waals surface area (Å²) in [4.78, 5) is 10.5. The maximum atomic E-state index is 10.5. The van der Waals surface area contributed by atoms with E-state index in [0.717, 1.165) is 25.5 Å². The average molecular weight is 238 g/mol. The molecule has 0 aromatic carbocycles. The summed E-state index contributed by atoms with van der Waals surface area (Å²) in [5.41, 5.74) is -0.0943. The van der Waals surface area contributed by atoms with Gasteiger partial charge in [0.05, 0.1) is 12.4 Å². The van der Waals surface area contributed by atoms with Crippen LogP contribution >= 0.6 is 0 Å². The van der Waals surface area contributed by atoms with Gasteiger partial charge in [0.15, 0.2) is 6.29 Å². The first-order valence-electron chi connectivity index (χ1n) is 5.20. The maximum Gasteiger partial charge on any atom is 1.00 e. The summed E-state index contributed by atoms with van der Waals surface area (Å²) in [7, 11) is 0. The Bertz CT molecular complexity index is 360. The van der Waals surface area contributed by atoms with Crippen LogP contribution in [0.4, 0.5) is 0 Å². The zero-order valence-electron chi connectivity index (χ0n) is 10.7. The molecule has 1 unspecified atom stereocenters. The van der Waals surface area contributed by atoms with E-state index < -0.39 is 5.97 Å². The molecule has 88 valence electrons. The summed E-state index contributed by atoms with van der Waals surface area (Å²) in [6, 6.07) is 2.54. The minimum atomic E-state index is -1.30. The van der Waals surface area contributed by atoms with Crippen LogP contribution in [0.25, 0.3) is 0 Å².